The van der Waals surface area contributed by atoms with Crippen molar-refractivity contribution in [3.8, 4) is 56.4 Å². The van der Waals surface area contributed by atoms with E-state index < -0.39 is 0 Å². The van der Waals surface area contributed by atoms with Crippen molar-refractivity contribution < 1.29 is 4.42 Å². The Morgan fingerprint density at radius 1 is 0.333 bits per heavy atom. The number of furan rings is 1. The summed E-state index contributed by atoms with van der Waals surface area (Å²) in [6.45, 7) is 0. The predicted molar refractivity (Wildman–Crippen MR) is 209 cm³/mol. The van der Waals surface area contributed by atoms with Crippen molar-refractivity contribution in [2.75, 3.05) is 0 Å². The molecule has 0 spiro atoms. The van der Waals surface area contributed by atoms with Gasteiger partial charge in [0.25, 0.3) is 0 Å². The Hall–Kier alpha value is -6.91. The summed E-state index contributed by atoms with van der Waals surface area (Å²) in [5.41, 5.74) is 9.08. The zero-order valence-corrected chi connectivity index (χ0v) is 27.5. The van der Waals surface area contributed by atoms with E-state index in [1.54, 1.807) is 0 Å². The summed E-state index contributed by atoms with van der Waals surface area (Å²) in [5.74, 6) is 1.86. The summed E-state index contributed by atoms with van der Waals surface area (Å²) < 4.78 is 6.69. The third kappa shape index (κ3) is 5.04. The molecule has 51 heavy (non-hydrogen) atoms. The van der Waals surface area contributed by atoms with Crippen molar-refractivity contribution >= 4 is 43.5 Å². The second-order valence-electron chi connectivity index (χ2n) is 12.8. The normalized spacial score (nSPS) is 11.5. The number of fused-ring (bicyclic) bond motifs is 6. The lowest BCUT2D eigenvalue weighted by atomic mass is 9.93. The molecule has 0 atom stereocenters. The lowest BCUT2D eigenvalue weighted by Gasteiger charge is -2.11. The molecule has 0 aliphatic rings. The van der Waals surface area contributed by atoms with Crippen molar-refractivity contribution in [2.24, 2.45) is 0 Å². The number of hydrogen-bond acceptors (Lipinski definition) is 4. The van der Waals surface area contributed by atoms with Gasteiger partial charge in [-0.2, -0.15) is 0 Å². The van der Waals surface area contributed by atoms with E-state index in [9.17, 15) is 0 Å². The van der Waals surface area contributed by atoms with E-state index in [0.29, 0.717) is 17.5 Å². The van der Waals surface area contributed by atoms with Gasteiger partial charge in [-0.05, 0) is 56.6 Å². The minimum atomic E-state index is 0.602. The van der Waals surface area contributed by atoms with E-state index in [2.05, 4.69) is 103 Å². The van der Waals surface area contributed by atoms with Crippen LogP contribution in [0, 0.1) is 0 Å². The molecule has 0 saturated carbocycles. The van der Waals surface area contributed by atoms with Crippen molar-refractivity contribution in [2.45, 2.75) is 0 Å². The summed E-state index contributed by atoms with van der Waals surface area (Å²) in [6, 6.07) is 61.1. The quantitative estimate of drug-likeness (QED) is 0.186. The third-order valence-electron chi connectivity index (χ3n) is 9.72. The van der Waals surface area contributed by atoms with Crippen LogP contribution in [0.15, 0.2) is 180 Å². The van der Waals surface area contributed by atoms with Gasteiger partial charge in [0.2, 0.25) is 0 Å². The molecule has 8 aromatic carbocycles. The van der Waals surface area contributed by atoms with Crippen LogP contribution in [0.5, 0.6) is 0 Å². The maximum atomic E-state index is 6.69. The van der Waals surface area contributed by atoms with Gasteiger partial charge in [-0.1, -0.05) is 158 Å². The molecule has 0 fully saturated rings. The molecule has 0 bridgehead atoms. The fourth-order valence-electron chi connectivity index (χ4n) is 7.21. The summed E-state index contributed by atoms with van der Waals surface area (Å²) in [4.78, 5) is 15.1. The Balaban J connectivity index is 1.17. The monoisotopic (exact) mass is 651 g/mol. The van der Waals surface area contributed by atoms with Crippen LogP contribution in [0.4, 0.5) is 0 Å². The average Bonchev–Trinajstić information content (AvgIpc) is 3.60. The van der Waals surface area contributed by atoms with Gasteiger partial charge < -0.3 is 4.42 Å². The first-order chi connectivity index (χ1) is 25.3. The van der Waals surface area contributed by atoms with Crippen LogP contribution in [-0.4, -0.2) is 15.0 Å². The minimum Gasteiger partial charge on any atom is -0.455 e. The van der Waals surface area contributed by atoms with Crippen LogP contribution < -0.4 is 0 Å². The van der Waals surface area contributed by atoms with E-state index in [1.165, 1.54) is 21.9 Å². The van der Waals surface area contributed by atoms with Crippen LogP contribution in [0.3, 0.4) is 0 Å². The van der Waals surface area contributed by atoms with E-state index >= 15 is 0 Å². The fourth-order valence-corrected chi connectivity index (χ4v) is 7.21. The topological polar surface area (TPSA) is 51.8 Å². The van der Waals surface area contributed by atoms with Gasteiger partial charge in [0.15, 0.2) is 17.5 Å². The van der Waals surface area contributed by atoms with Gasteiger partial charge in [0, 0.05) is 32.8 Å². The lowest BCUT2D eigenvalue weighted by Crippen LogP contribution is -2.00. The molecule has 238 valence electrons. The Bertz CT molecular complexity index is 2840. The second kappa shape index (κ2) is 11.9. The largest absolute Gasteiger partial charge is 0.455 e. The van der Waals surface area contributed by atoms with E-state index in [-0.39, 0.29) is 0 Å². The summed E-state index contributed by atoms with van der Waals surface area (Å²) in [6.07, 6.45) is 0. The van der Waals surface area contributed by atoms with E-state index in [4.69, 9.17) is 19.4 Å². The molecule has 0 aliphatic carbocycles. The van der Waals surface area contributed by atoms with Gasteiger partial charge in [0.05, 0.1) is 0 Å². The van der Waals surface area contributed by atoms with Crippen LogP contribution in [-0.2, 0) is 0 Å². The average molecular weight is 652 g/mol. The second-order valence-corrected chi connectivity index (χ2v) is 12.8. The standard InChI is InChI=1S/C47H29N3O/c1-3-13-33(14-4-1)45-48-46(34-15-5-2-6-16-34)50-47(49-45)39-20-11-21-42-43(39)41-29-40(37-18-9-10-19-38(37)44(41)51-42)32-25-22-31(23-26-32)36-27-24-30-12-7-8-17-35(30)28-36/h1-29H. The Morgan fingerprint density at radius 2 is 0.922 bits per heavy atom. The van der Waals surface area contributed by atoms with Gasteiger partial charge in [-0.3, -0.25) is 0 Å². The van der Waals surface area contributed by atoms with E-state index in [1.807, 2.05) is 72.8 Å². The number of hydrogen-bond donors (Lipinski definition) is 0. The van der Waals surface area contributed by atoms with Crippen LogP contribution in [0.25, 0.3) is 99.9 Å². The first kappa shape index (κ1) is 29.0. The SMILES string of the molecule is c1ccc(-c2nc(-c3ccccc3)nc(-c3cccc4oc5c6ccccc6c(-c6ccc(-c7ccc8ccccc8c7)cc6)cc5c34)n2)cc1. The number of nitrogens with zero attached hydrogens (tertiary/aromatic N) is 3. The maximum Gasteiger partial charge on any atom is 0.164 e. The van der Waals surface area contributed by atoms with Crippen LogP contribution in [0.1, 0.15) is 0 Å². The molecule has 0 radical (unpaired) electrons. The summed E-state index contributed by atoms with van der Waals surface area (Å²) in [7, 11) is 0. The Kier molecular flexibility index (Phi) is 6.78. The van der Waals surface area contributed by atoms with Gasteiger partial charge >= 0.3 is 0 Å². The van der Waals surface area contributed by atoms with E-state index in [0.717, 1.165) is 60.5 Å². The fraction of sp³-hybridized carbons (Fsp3) is 0. The third-order valence-corrected chi connectivity index (χ3v) is 9.72. The molecule has 4 nitrogen and oxygen atoms in total. The summed E-state index contributed by atoms with van der Waals surface area (Å²) in [5, 5.41) is 6.70. The Morgan fingerprint density at radius 3 is 1.65 bits per heavy atom. The Labute approximate surface area is 294 Å². The van der Waals surface area contributed by atoms with Gasteiger partial charge in [-0.15, -0.1) is 0 Å². The highest BCUT2D eigenvalue weighted by atomic mass is 16.3. The maximum absolute atomic E-state index is 6.69. The number of aromatic nitrogens is 3. The van der Waals surface area contributed by atoms with Crippen LogP contribution >= 0.6 is 0 Å². The molecule has 2 heterocycles. The van der Waals surface area contributed by atoms with Crippen molar-refractivity contribution in [1.82, 2.24) is 15.0 Å². The highest BCUT2D eigenvalue weighted by Crippen LogP contribution is 2.43. The predicted octanol–water partition coefficient (Wildman–Crippen LogP) is 12.4. The van der Waals surface area contributed by atoms with Gasteiger partial charge in [-0.25, -0.2) is 15.0 Å². The van der Waals surface area contributed by atoms with Gasteiger partial charge in [0.1, 0.15) is 11.2 Å². The molecule has 2 aromatic heterocycles. The zero-order chi connectivity index (χ0) is 33.7. The number of benzene rings is 8. The molecule has 4 heteroatoms. The highest BCUT2D eigenvalue weighted by Gasteiger charge is 2.20. The molecule has 0 aliphatic heterocycles. The summed E-state index contributed by atoms with van der Waals surface area (Å²) >= 11 is 0. The minimum absolute atomic E-state index is 0.602. The smallest absolute Gasteiger partial charge is 0.164 e. The van der Waals surface area contributed by atoms with Crippen LogP contribution in [0.2, 0.25) is 0 Å². The van der Waals surface area contributed by atoms with Crippen molar-refractivity contribution in [3.05, 3.63) is 176 Å². The number of rotatable bonds is 5. The molecular formula is C47H29N3O. The molecule has 10 aromatic rings. The zero-order valence-electron chi connectivity index (χ0n) is 27.5. The van der Waals surface area contributed by atoms with Crippen molar-refractivity contribution in [3.63, 3.8) is 0 Å². The highest BCUT2D eigenvalue weighted by molar-refractivity contribution is 6.22. The molecule has 0 saturated heterocycles. The molecular weight excluding hydrogens is 623 g/mol. The first-order valence-electron chi connectivity index (χ1n) is 17.1. The lowest BCUT2D eigenvalue weighted by molar-refractivity contribution is 0.673. The van der Waals surface area contributed by atoms with Crippen molar-refractivity contribution in [1.29, 1.82) is 0 Å². The molecule has 0 unspecified atom stereocenters. The molecule has 10 rings (SSSR count). The molecule has 0 amide bonds. The first-order valence-corrected chi connectivity index (χ1v) is 17.1. The molecule has 0 N–H and O–H groups in total.